The Kier molecular flexibility index (Phi) is 4.60. The molecule has 1 amide bonds. The van der Waals surface area contributed by atoms with Gasteiger partial charge in [-0.15, -0.1) is 0 Å². The monoisotopic (exact) mass is 355 g/mol. The van der Waals surface area contributed by atoms with Gasteiger partial charge in [0.05, 0.1) is 0 Å². The lowest BCUT2D eigenvalue weighted by Gasteiger charge is -2.34. The minimum absolute atomic E-state index is 0.156. The van der Waals surface area contributed by atoms with Crippen molar-refractivity contribution in [2.75, 3.05) is 0 Å². The van der Waals surface area contributed by atoms with Gasteiger partial charge >= 0.3 is 5.97 Å². The summed E-state index contributed by atoms with van der Waals surface area (Å²) in [5.74, 6) is -1.25. The van der Waals surface area contributed by atoms with Crippen LogP contribution in [0.5, 0.6) is 0 Å². The van der Waals surface area contributed by atoms with E-state index in [1.165, 1.54) is 0 Å². The molecule has 0 heterocycles. The van der Waals surface area contributed by atoms with Crippen LogP contribution < -0.4 is 0 Å². The van der Waals surface area contributed by atoms with Crippen LogP contribution in [0.1, 0.15) is 46.8 Å². The third-order valence-corrected chi connectivity index (χ3v) is 5.46. The maximum atomic E-state index is 13.1. The fourth-order valence-corrected chi connectivity index (χ4v) is 3.83. The Balaban J connectivity index is 2.00. The van der Waals surface area contributed by atoms with Crippen LogP contribution in [0.4, 0.5) is 0 Å². The first-order valence-electron chi connectivity index (χ1n) is 8.29. The molecule has 0 aromatic heterocycles. The number of benzene rings is 2. The van der Waals surface area contributed by atoms with Gasteiger partial charge in [0.2, 0.25) is 0 Å². The van der Waals surface area contributed by atoms with E-state index in [0.717, 1.165) is 21.0 Å². The van der Waals surface area contributed by atoms with Crippen LogP contribution in [0.15, 0.2) is 48.5 Å². The molecular formula is C20H21NO3S. The maximum absolute atomic E-state index is 13.1. The Bertz CT molecular complexity index is 806. The number of fused-ring (bicyclic) bond motifs is 1. The Morgan fingerprint density at radius 3 is 2.08 bits per heavy atom. The number of hydrogen-bond acceptors (Lipinski definition) is 3. The van der Waals surface area contributed by atoms with Crippen molar-refractivity contribution in [1.29, 1.82) is 0 Å². The van der Waals surface area contributed by atoms with Crippen molar-refractivity contribution in [3.05, 3.63) is 70.8 Å². The van der Waals surface area contributed by atoms with E-state index in [0.29, 0.717) is 5.56 Å². The quantitative estimate of drug-likeness (QED) is 0.822. The standard InChI is InChI=1S/C20H21NO3S/c1-13(2)16-9-5-6-10-17(16)18(22)21(25)20(19(23)24)11-14-7-3-4-8-15(14)12-20/h3-10,13,25H,11-12H2,1-2H3,(H,23,24). The summed E-state index contributed by atoms with van der Waals surface area (Å²) in [6.07, 6.45) is 0.523. The first-order valence-corrected chi connectivity index (χ1v) is 8.69. The Morgan fingerprint density at radius 1 is 1.04 bits per heavy atom. The van der Waals surface area contributed by atoms with Gasteiger partial charge in [0.25, 0.3) is 5.91 Å². The molecule has 0 unspecified atom stereocenters. The Morgan fingerprint density at radius 2 is 1.56 bits per heavy atom. The SMILES string of the molecule is CC(C)c1ccccc1C(=O)N(S)C1(C(=O)O)Cc2ccccc2C1. The third-order valence-electron chi connectivity index (χ3n) is 4.89. The van der Waals surface area contributed by atoms with E-state index >= 15 is 0 Å². The number of aliphatic carboxylic acids is 1. The number of thiol groups is 1. The minimum atomic E-state index is -1.37. The molecule has 0 aliphatic heterocycles. The highest BCUT2D eigenvalue weighted by Crippen LogP contribution is 2.37. The van der Waals surface area contributed by atoms with Crippen LogP contribution in [0.2, 0.25) is 0 Å². The van der Waals surface area contributed by atoms with Gasteiger partial charge in [0, 0.05) is 18.4 Å². The van der Waals surface area contributed by atoms with E-state index in [2.05, 4.69) is 12.8 Å². The maximum Gasteiger partial charge on any atom is 0.331 e. The Hall–Kier alpha value is -2.27. The van der Waals surface area contributed by atoms with Crippen LogP contribution >= 0.6 is 12.8 Å². The van der Waals surface area contributed by atoms with Crippen molar-refractivity contribution in [1.82, 2.24) is 4.31 Å². The summed E-state index contributed by atoms with van der Waals surface area (Å²) in [7, 11) is 0. The van der Waals surface area contributed by atoms with Gasteiger partial charge in [0.15, 0.2) is 5.54 Å². The molecule has 0 atom stereocenters. The van der Waals surface area contributed by atoms with Gasteiger partial charge < -0.3 is 5.11 Å². The third kappa shape index (κ3) is 2.93. The summed E-state index contributed by atoms with van der Waals surface area (Å²) in [6, 6.07) is 14.9. The number of carboxylic acid groups (broad SMARTS) is 1. The van der Waals surface area contributed by atoms with E-state index < -0.39 is 11.5 Å². The molecule has 0 bridgehead atoms. The highest BCUT2D eigenvalue weighted by Gasteiger charge is 2.50. The van der Waals surface area contributed by atoms with Gasteiger partial charge in [0.1, 0.15) is 0 Å². The lowest BCUT2D eigenvalue weighted by molar-refractivity contribution is -0.146. The average Bonchev–Trinajstić information content (AvgIpc) is 3.01. The normalized spacial score (nSPS) is 15.0. The van der Waals surface area contributed by atoms with Crippen molar-refractivity contribution < 1.29 is 14.7 Å². The smallest absolute Gasteiger partial charge is 0.331 e. The van der Waals surface area contributed by atoms with E-state index in [9.17, 15) is 14.7 Å². The van der Waals surface area contributed by atoms with Crippen molar-refractivity contribution in [2.45, 2.75) is 38.1 Å². The predicted octanol–water partition coefficient (Wildman–Crippen LogP) is 3.72. The molecule has 4 nitrogen and oxygen atoms in total. The summed E-state index contributed by atoms with van der Waals surface area (Å²) in [5, 5.41) is 9.94. The van der Waals surface area contributed by atoms with Gasteiger partial charge in [-0.2, -0.15) is 0 Å². The van der Waals surface area contributed by atoms with Crippen LogP contribution in [0.25, 0.3) is 0 Å². The van der Waals surface area contributed by atoms with Crippen molar-refractivity contribution >= 4 is 24.7 Å². The zero-order chi connectivity index (χ0) is 18.2. The van der Waals surface area contributed by atoms with Crippen LogP contribution in [0.3, 0.4) is 0 Å². The second kappa shape index (κ2) is 6.56. The summed E-state index contributed by atoms with van der Waals surface area (Å²) in [5.41, 5.74) is 1.93. The topological polar surface area (TPSA) is 57.6 Å². The second-order valence-electron chi connectivity index (χ2n) is 6.82. The fraction of sp³-hybridized carbons (Fsp3) is 0.300. The fourth-order valence-electron chi connectivity index (χ4n) is 3.49. The number of nitrogens with zero attached hydrogens (tertiary/aromatic N) is 1. The summed E-state index contributed by atoms with van der Waals surface area (Å²) in [4.78, 5) is 25.2. The molecule has 0 spiro atoms. The molecule has 130 valence electrons. The average molecular weight is 355 g/mol. The highest BCUT2D eigenvalue weighted by molar-refractivity contribution is 7.78. The predicted molar refractivity (Wildman–Crippen MR) is 99.9 cm³/mol. The summed E-state index contributed by atoms with van der Waals surface area (Å²) in [6.45, 7) is 4.01. The van der Waals surface area contributed by atoms with Crippen molar-refractivity contribution in [3.8, 4) is 0 Å². The number of amides is 1. The Labute approximate surface area is 153 Å². The lowest BCUT2D eigenvalue weighted by Crippen LogP contribution is -2.53. The van der Waals surface area contributed by atoms with Crippen LogP contribution in [0, 0.1) is 0 Å². The molecule has 0 saturated heterocycles. The van der Waals surface area contributed by atoms with Gasteiger partial charge in [-0.1, -0.05) is 69.1 Å². The molecule has 1 aliphatic rings. The first kappa shape index (κ1) is 17.5. The van der Waals surface area contributed by atoms with Gasteiger partial charge in [-0.05, 0) is 28.7 Å². The zero-order valence-corrected chi connectivity index (χ0v) is 15.2. The van der Waals surface area contributed by atoms with Crippen LogP contribution in [-0.4, -0.2) is 26.8 Å². The van der Waals surface area contributed by atoms with E-state index in [-0.39, 0.29) is 24.7 Å². The molecule has 0 radical (unpaired) electrons. The van der Waals surface area contributed by atoms with E-state index in [1.54, 1.807) is 12.1 Å². The van der Waals surface area contributed by atoms with E-state index in [1.807, 2.05) is 50.2 Å². The summed E-state index contributed by atoms with van der Waals surface area (Å²) >= 11 is 4.38. The molecule has 3 rings (SSSR count). The number of carbonyl (C=O) groups excluding carboxylic acids is 1. The van der Waals surface area contributed by atoms with Crippen molar-refractivity contribution in [3.63, 3.8) is 0 Å². The minimum Gasteiger partial charge on any atom is -0.479 e. The van der Waals surface area contributed by atoms with Crippen LogP contribution in [-0.2, 0) is 17.6 Å². The molecule has 2 aromatic carbocycles. The summed E-state index contributed by atoms with van der Waals surface area (Å²) < 4.78 is 1.12. The first-order chi connectivity index (χ1) is 11.9. The molecule has 5 heteroatoms. The molecule has 0 fully saturated rings. The molecule has 0 saturated carbocycles. The number of carboxylic acids is 1. The lowest BCUT2D eigenvalue weighted by atomic mass is 9.92. The zero-order valence-electron chi connectivity index (χ0n) is 14.3. The second-order valence-corrected chi connectivity index (χ2v) is 7.22. The molecule has 25 heavy (non-hydrogen) atoms. The molecular weight excluding hydrogens is 334 g/mol. The number of carbonyl (C=O) groups is 2. The van der Waals surface area contributed by atoms with Crippen molar-refractivity contribution in [2.24, 2.45) is 0 Å². The highest BCUT2D eigenvalue weighted by atomic mass is 32.1. The van der Waals surface area contributed by atoms with Gasteiger partial charge in [-0.25, -0.2) is 4.79 Å². The number of hydrogen-bond donors (Lipinski definition) is 2. The largest absolute Gasteiger partial charge is 0.479 e. The number of rotatable bonds is 4. The molecule has 1 aliphatic carbocycles. The molecule has 2 aromatic rings. The van der Waals surface area contributed by atoms with Gasteiger partial charge in [-0.3, -0.25) is 9.10 Å². The van der Waals surface area contributed by atoms with E-state index in [4.69, 9.17) is 0 Å². The molecule has 1 N–H and O–H groups in total.